The van der Waals surface area contributed by atoms with Gasteiger partial charge in [-0.2, -0.15) is 0 Å². The Morgan fingerprint density at radius 1 is 1.39 bits per heavy atom. The second-order valence-electron chi connectivity index (χ2n) is 4.50. The van der Waals surface area contributed by atoms with Gasteiger partial charge in [0.25, 0.3) is 0 Å². The first-order chi connectivity index (χ1) is 8.59. The fourth-order valence-electron chi connectivity index (χ4n) is 2.30. The highest BCUT2D eigenvalue weighted by molar-refractivity contribution is 7.80. The van der Waals surface area contributed by atoms with Crippen molar-refractivity contribution >= 4 is 28.8 Å². The number of thiocarbonyl (C=S) groups is 1. The predicted molar refractivity (Wildman–Crippen MR) is 72.9 cm³/mol. The molecule has 0 spiro atoms. The molecule has 96 valence electrons. The Hall–Kier alpha value is -1.49. The molecule has 0 unspecified atom stereocenters. The summed E-state index contributed by atoms with van der Waals surface area (Å²) in [6.45, 7) is 0. The predicted octanol–water partition coefficient (Wildman–Crippen LogP) is 2.59. The van der Waals surface area contributed by atoms with Gasteiger partial charge in [0.15, 0.2) is 0 Å². The Morgan fingerprint density at radius 3 is 2.67 bits per heavy atom. The summed E-state index contributed by atoms with van der Waals surface area (Å²) >= 11 is 4.81. The van der Waals surface area contributed by atoms with Crippen LogP contribution < -0.4 is 11.1 Å². The average Bonchev–Trinajstić information content (AvgIpc) is 2.81. The van der Waals surface area contributed by atoms with Gasteiger partial charge in [-0.3, -0.25) is 4.79 Å². The third-order valence-electron chi connectivity index (χ3n) is 3.24. The fourth-order valence-corrected chi connectivity index (χ4v) is 2.51. The molecule has 1 saturated carbocycles. The summed E-state index contributed by atoms with van der Waals surface area (Å²) in [5.74, 6) is -0.560. The van der Waals surface area contributed by atoms with E-state index in [-0.39, 0.29) is 22.4 Å². The van der Waals surface area contributed by atoms with Crippen molar-refractivity contribution in [3.63, 3.8) is 0 Å². The number of carbonyl (C=O) groups is 1. The van der Waals surface area contributed by atoms with Gasteiger partial charge in [0.2, 0.25) is 5.91 Å². The Bertz CT molecular complexity index is 484. The van der Waals surface area contributed by atoms with Gasteiger partial charge < -0.3 is 11.1 Å². The molecule has 0 aliphatic heterocycles. The summed E-state index contributed by atoms with van der Waals surface area (Å²) in [7, 11) is 0. The van der Waals surface area contributed by atoms with E-state index in [1.165, 1.54) is 12.1 Å². The van der Waals surface area contributed by atoms with Crippen LogP contribution in [0.25, 0.3) is 0 Å². The molecule has 0 radical (unpaired) electrons. The molecule has 5 heteroatoms. The van der Waals surface area contributed by atoms with Crippen molar-refractivity contribution in [2.45, 2.75) is 25.7 Å². The van der Waals surface area contributed by atoms with Crippen LogP contribution in [0.2, 0.25) is 0 Å². The molecule has 3 N–H and O–H groups in total. The molecule has 1 fully saturated rings. The lowest BCUT2D eigenvalue weighted by atomic mass is 10.1. The Kier molecular flexibility index (Phi) is 3.91. The third kappa shape index (κ3) is 2.67. The van der Waals surface area contributed by atoms with Gasteiger partial charge in [0, 0.05) is 5.92 Å². The Balaban J connectivity index is 2.20. The van der Waals surface area contributed by atoms with E-state index in [9.17, 15) is 9.18 Å². The first-order valence-corrected chi connectivity index (χ1v) is 6.39. The van der Waals surface area contributed by atoms with Crippen molar-refractivity contribution < 1.29 is 9.18 Å². The SMILES string of the molecule is NC(=S)c1c(F)cccc1NC(=O)C1CCCC1. The molecule has 0 heterocycles. The number of hydrogen-bond donors (Lipinski definition) is 2. The quantitative estimate of drug-likeness (QED) is 0.827. The summed E-state index contributed by atoms with van der Waals surface area (Å²) < 4.78 is 13.6. The fraction of sp³-hybridized carbons (Fsp3) is 0.385. The van der Waals surface area contributed by atoms with E-state index < -0.39 is 5.82 Å². The molecule has 1 aliphatic carbocycles. The number of halogens is 1. The smallest absolute Gasteiger partial charge is 0.227 e. The van der Waals surface area contributed by atoms with Crippen LogP contribution >= 0.6 is 12.2 Å². The van der Waals surface area contributed by atoms with E-state index in [0.717, 1.165) is 25.7 Å². The maximum atomic E-state index is 13.6. The number of hydrogen-bond acceptors (Lipinski definition) is 2. The number of amides is 1. The minimum absolute atomic E-state index is 0.0208. The van der Waals surface area contributed by atoms with Crippen molar-refractivity contribution in [2.75, 3.05) is 5.32 Å². The van der Waals surface area contributed by atoms with Crippen LogP contribution in [0, 0.1) is 11.7 Å². The van der Waals surface area contributed by atoms with Crippen LogP contribution in [-0.4, -0.2) is 10.9 Å². The van der Waals surface area contributed by atoms with Crippen molar-refractivity contribution in [3.8, 4) is 0 Å². The van der Waals surface area contributed by atoms with E-state index in [4.69, 9.17) is 18.0 Å². The molecule has 2 rings (SSSR count). The van der Waals surface area contributed by atoms with E-state index in [1.807, 2.05) is 0 Å². The highest BCUT2D eigenvalue weighted by atomic mass is 32.1. The molecular formula is C13H15FN2OS. The van der Waals surface area contributed by atoms with Gasteiger partial charge in [-0.05, 0) is 25.0 Å². The molecule has 18 heavy (non-hydrogen) atoms. The van der Waals surface area contributed by atoms with Crippen LogP contribution in [0.1, 0.15) is 31.2 Å². The highest BCUT2D eigenvalue weighted by Gasteiger charge is 2.23. The number of anilines is 1. The van der Waals surface area contributed by atoms with Gasteiger partial charge in [0.1, 0.15) is 10.8 Å². The highest BCUT2D eigenvalue weighted by Crippen LogP contribution is 2.27. The average molecular weight is 266 g/mol. The van der Waals surface area contributed by atoms with Gasteiger partial charge in [-0.15, -0.1) is 0 Å². The second-order valence-corrected chi connectivity index (χ2v) is 4.94. The lowest BCUT2D eigenvalue weighted by Gasteiger charge is -2.13. The van der Waals surface area contributed by atoms with Gasteiger partial charge >= 0.3 is 0 Å². The molecule has 0 atom stereocenters. The number of nitrogens with two attached hydrogens (primary N) is 1. The number of benzene rings is 1. The molecule has 1 aromatic rings. The molecule has 0 aromatic heterocycles. The summed E-state index contributed by atoms with van der Waals surface area (Å²) in [6, 6.07) is 4.42. The van der Waals surface area contributed by atoms with Crippen LogP contribution in [-0.2, 0) is 4.79 Å². The first kappa shape index (κ1) is 13.0. The number of carbonyl (C=O) groups excluding carboxylic acids is 1. The van der Waals surface area contributed by atoms with Crippen LogP contribution in [0.15, 0.2) is 18.2 Å². The molecule has 1 aliphatic rings. The maximum absolute atomic E-state index is 13.6. The summed E-state index contributed by atoms with van der Waals surface area (Å²) in [4.78, 5) is 11.9. The summed E-state index contributed by atoms with van der Waals surface area (Å²) in [5.41, 5.74) is 5.96. The zero-order chi connectivity index (χ0) is 13.1. The van der Waals surface area contributed by atoms with Crippen molar-refractivity contribution in [2.24, 2.45) is 11.7 Å². The number of nitrogens with one attached hydrogen (secondary N) is 1. The molecule has 1 aromatic carbocycles. The first-order valence-electron chi connectivity index (χ1n) is 5.99. The van der Waals surface area contributed by atoms with Crippen molar-refractivity contribution in [1.82, 2.24) is 0 Å². The van der Waals surface area contributed by atoms with Crippen molar-refractivity contribution in [3.05, 3.63) is 29.6 Å². The molecule has 0 saturated heterocycles. The second kappa shape index (κ2) is 5.44. The van der Waals surface area contributed by atoms with Crippen molar-refractivity contribution in [1.29, 1.82) is 0 Å². The largest absolute Gasteiger partial charge is 0.389 e. The minimum Gasteiger partial charge on any atom is -0.389 e. The van der Waals surface area contributed by atoms with Gasteiger partial charge in [-0.25, -0.2) is 4.39 Å². The molecule has 1 amide bonds. The maximum Gasteiger partial charge on any atom is 0.227 e. The monoisotopic (exact) mass is 266 g/mol. The molecular weight excluding hydrogens is 251 g/mol. The summed E-state index contributed by atoms with van der Waals surface area (Å²) in [6.07, 6.45) is 3.93. The lowest BCUT2D eigenvalue weighted by Crippen LogP contribution is -2.23. The zero-order valence-corrected chi connectivity index (χ0v) is 10.7. The minimum atomic E-state index is -0.508. The van der Waals surface area contributed by atoms with E-state index >= 15 is 0 Å². The van der Waals surface area contributed by atoms with Crippen LogP contribution in [0.5, 0.6) is 0 Å². The van der Waals surface area contributed by atoms with Gasteiger partial charge in [0.05, 0.1) is 11.3 Å². The van der Waals surface area contributed by atoms with E-state index in [2.05, 4.69) is 5.32 Å². The van der Waals surface area contributed by atoms with Crippen LogP contribution in [0.4, 0.5) is 10.1 Å². The third-order valence-corrected chi connectivity index (χ3v) is 3.45. The lowest BCUT2D eigenvalue weighted by molar-refractivity contribution is -0.119. The standard InChI is InChI=1S/C13H15FN2OS/c14-9-6-3-7-10(11(9)12(15)18)16-13(17)8-4-1-2-5-8/h3,6-8H,1-2,4-5H2,(H2,15,18)(H,16,17). The van der Waals surface area contributed by atoms with Crippen LogP contribution in [0.3, 0.4) is 0 Å². The van der Waals surface area contributed by atoms with Gasteiger partial charge in [-0.1, -0.05) is 31.1 Å². The van der Waals surface area contributed by atoms with E-state index in [1.54, 1.807) is 6.07 Å². The number of rotatable bonds is 3. The summed E-state index contributed by atoms with van der Waals surface area (Å²) in [5, 5.41) is 2.73. The Labute approximate surface area is 111 Å². The molecule has 0 bridgehead atoms. The van der Waals surface area contributed by atoms with E-state index in [0.29, 0.717) is 5.69 Å². The topological polar surface area (TPSA) is 55.1 Å². The molecule has 3 nitrogen and oxygen atoms in total. The normalized spacial score (nSPS) is 15.6. The Morgan fingerprint density at radius 2 is 2.06 bits per heavy atom. The zero-order valence-electron chi connectivity index (χ0n) is 9.91.